The van der Waals surface area contributed by atoms with Gasteiger partial charge in [-0.3, -0.25) is 14.9 Å². The van der Waals surface area contributed by atoms with Crippen LogP contribution < -0.4 is 10.1 Å². The summed E-state index contributed by atoms with van der Waals surface area (Å²) in [4.78, 5) is 22.8. The number of carbonyl (C=O) groups is 1. The number of nitrogens with zero attached hydrogens (tertiary/aromatic N) is 1. The lowest BCUT2D eigenvalue weighted by Crippen LogP contribution is -2.30. The standard InChI is InChI=1S/C19H22N2O4/c1-12(2)15-8-10-16(11-9-15)25-14(4)19(22)20-17-6-5-7-18(13(17)3)21(23)24/h5-12,14H,1-4H3,(H,20,22)/t14-/m1/s1. The van der Waals surface area contributed by atoms with Gasteiger partial charge in [-0.05, 0) is 43.5 Å². The Morgan fingerprint density at radius 2 is 1.76 bits per heavy atom. The SMILES string of the molecule is Cc1c(NC(=O)[C@@H](C)Oc2ccc(C(C)C)cc2)cccc1[N+](=O)[O-]. The van der Waals surface area contributed by atoms with Gasteiger partial charge in [0.05, 0.1) is 16.2 Å². The average Bonchev–Trinajstić information content (AvgIpc) is 2.56. The van der Waals surface area contributed by atoms with Crippen LogP contribution in [-0.4, -0.2) is 16.9 Å². The van der Waals surface area contributed by atoms with E-state index in [2.05, 4.69) is 19.2 Å². The molecule has 0 unspecified atom stereocenters. The highest BCUT2D eigenvalue weighted by atomic mass is 16.6. The molecule has 0 heterocycles. The van der Waals surface area contributed by atoms with Gasteiger partial charge in [-0.15, -0.1) is 0 Å². The number of hydrogen-bond donors (Lipinski definition) is 1. The lowest BCUT2D eigenvalue weighted by molar-refractivity contribution is -0.385. The Morgan fingerprint density at radius 1 is 1.12 bits per heavy atom. The van der Waals surface area contributed by atoms with E-state index in [1.54, 1.807) is 19.9 Å². The Bertz CT molecular complexity index is 769. The minimum Gasteiger partial charge on any atom is -0.481 e. The van der Waals surface area contributed by atoms with Gasteiger partial charge in [-0.1, -0.05) is 32.0 Å². The first-order valence-electron chi connectivity index (χ1n) is 8.11. The lowest BCUT2D eigenvalue weighted by atomic mass is 10.0. The van der Waals surface area contributed by atoms with Crippen molar-refractivity contribution in [2.75, 3.05) is 5.32 Å². The van der Waals surface area contributed by atoms with E-state index in [0.717, 1.165) is 0 Å². The van der Waals surface area contributed by atoms with Crippen molar-refractivity contribution in [2.45, 2.75) is 39.7 Å². The van der Waals surface area contributed by atoms with Gasteiger partial charge in [0.1, 0.15) is 5.75 Å². The molecule has 2 rings (SSSR count). The summed E-state index contributed by atoms with van der Waals surface area (Å²) in [6.45, 7) is 7.45. The number of anilines is 1. The van der Waals surface area contributed by atoms with Crippen LogP contribution >= 0.6 is 0 Å². The fourth-order valence-electron chi connectivity index (χ4n) is 2.38. The zero-order valence-corrected chi connectivity index (χ0v) is 14.8. The van der Waals surface area contributed by atoms with Gasteiger partial charge < -0.3 is 10.1 Å². The second kappa shape index (κ2) is 7.79. The predicted molar refractivity (Wildman–Crippen MR) is 97.1 cm³/mol. The fraction of sp³-hybridized carbons (Fsp3) is 0.316. The number of ether oxygens (including phenoxy) is 1. The Balaban J connectivity index is 2.05. The summed E-state index contributed by atoms with van der Waals surface area (Å²) >= 11 is 0. The number of nitrogens with one attached hydrogen (secondary N) is 1. The van der Waals surface area contributed by atoms with Crippen molar-refractivity contribution in [3.05, 3.63) is 63.7 Å². The summed E-state index contributed by atoms with van der Waals surface area (Å²) in [6.07, 6.45) is -0.733. The van der Waals surface area contributed by atoms with E-state index < -0.39 is 11.0 Å². The van der Waals surface area contributed by atoms with Crippen LogP contribution in [0.2, 0.25) is 0 Å². The molecule has 0 saturated heterocycles. The van der Waals surface area contributed by atoms with Crippen molar-refractivity contribution in [2.24, 2.45) is 0 Å². The third-order valence-corrected chi connectivity index (χ3v) is 3.99. The highest BCUT2D eigenvalue weighted by molar-refractivity contribution is 5.95. The molecule has 6 heteroatoms. The molecule has 0 fully saturated rings. The molecule has 0 aromatic heterocycles. The summed E-state index contributed by atoms with van der Waals surface area (Å²) in [5.74, 6) is 0.658. The molecular formula is C19H22N2O4. The second-order valence-corrected chi connectivity index (χ2v) is 6.18. The number of rotatable bonds is 6. The smallest absolute Gasteiger partial charge is 0.274 e. The van der Waals surface area contributed by atoms with Crippen LogP contribution in [0.25, 0.3) is 0 Å². The molecule has 0 aliphatic rings. The average molecular weight is 342 g/mol. The van der Waals surface area contributed by atoms with Crippen LogP contribution in [-0.2, 0) is 4.79 Å². The molecule has 2 aromatic rings. The summed E-state index contributed by atoms with van der Waals surface area (Å²) in [7, 11) is 0. The van der Waals surface area contributed by atoms with Crippen molar-refractivity contribution < 1.29 is 14.5 Å². The molecule has 0 aliphatic heterocycles. The number of benzene rings is 2. The van der Waals surface area contributed by atoms with Gasteiger partial charge in [0, 0.05) is 6.07 Å². The molecule has 0 aliphatic carbocycles. The first-order valence-corrected chi connectivity index (χ1v) is 8.11. The summed E-state index contributed by atoms with van der Waals surface area (Å²) < 4.78 is 5.65. The zero-order valence-electron chi connectivity index (χ0n) is 14.8. The molecule has 0 bridgehead atoms. The number of amides is 1. The van der Waals surface area contributed by atoms with Crippen molar-refractivity contribution in [3.63, 3.8) is 0 Å². The van der Waals surface area contributed by atoms with Crippen molar-refractivity contribution >= 4 is 17.3 Å². The third-order valence-electron chi connectivity index (χ3n) is 3.99. The van der Waals surface area contributed by atoms with E-state index in [9.17, 15) is 14.9 Å². The van der Waals surface area contributed by atoms with Crippen LogP contribution in [0.3, 0.4) is 0 Å². The zero-order chi connectivity index (χ0) is 18.6. The molecule has 0 saturated carbocycles. The van der Waals surface area contributed by atoms with E-state index in [-0.39, 0.29) is 11.6 Å². The Hall–Kier alpha value is -2.89. The minimum absolute atomic E-state index is 0.0318. The van der Waals surface area contributed by atoms with E-state index in [1.807, 2.05) is 24.3 Å². The quantitative estimate of drug-likeness (QED) is 0.622. The van der Waals surface area contributed by atoms with Crippen LogP contribution in [0.5, 0.6) is 5.75 Å². The Labute approximate surface area is 147 Å². The fourth-order valence-corrected chi connectivity index (χ4v) is 2.38. The Kier molecular flexibility index (Phi) is 5.75. The first-order chi connectivity index (χ1) is 11.8. The minimum atomic E-state index is -0.733. The van der Waals surface area contributed by atoms with Gasteiger partial charge >= 0.3 is 0 Å². The third kappa shape index (κ3) is 4.56. The van der Waals surface area contributed by atoms with Crippen LogP contribution in [0.1, 0.15) is 37.8 Å². The van der Waals surface area contributed by atoms with Crippen molar-refractivity contribution in [3.8, 4) is 5.75 Å². The predicted octanol–water partition coefficient (Wildman–Crippen LogP) is 4.43. The molecule has 0 radical (unpaired) electrons. The van der Waals surface area contributed by atoms with Crippen molar-refractivity contribution in [1.29, 1.82) is 0 Å². The number of nitro groups is 1. The molecular weight excluding hydrogens is 320 g/mol. The summed E-state index contributed by atoms with van der Waals surface area (Å²) in [5, 5.41) is 13.7. The van der Waals surface area contributed by atoms with Gasteiger partial charge in [-0.25, -0.2) is 0 Å². The highest BCUT2D eigenvalue weighted by Gasteiger charge is 2.19. The van der Waals surface area contributed by atoms with Gasteiger partial charge in [0.15, 0.2) is 6.10 Å². The topological polar surface area (TPSA) is 81.5 Å². The van der Waals surface area contributed by atoms with Crippen LogP contribution in [0.15, 0.2) is 42.5 Å². The van der Waals surface area contributed by atoms with Crippen LogP contribution in [0.4, 0.5) is 11.4 Å². The summed E-state index contributed by atoms with van der Waals surface area (Å²) in [5.41, 5.74) is 1.98. The maximum Gasteiger partial charge on any atom is 0.274 e. The number of carbonyl (C=O) groups excluding carboxylic acids is 1. The summed E-state index contributed by atoms with van der Waals surface area (Å²) in [6, 6.07) is 12.2. The molecule has 2 aromatic carbocycles. The molecule has 1 N–H and O–H groups in total. The molecule has 132 valence electrons. The van der Waals surface area contributed by atoms with Gasteiger partial charge in [0.25, 0.3) is 11.6 Å². The molecule has 25 heavy (non-hydrogen) atoms. The monoisotopic (exact) mass is 342 g/mol. The Morgan fingerprint density at radius 3 is 2.32 bits per heavy atom. The molecule has 0 spiro atoms. The first kappa shape index (κ1) is 18.4. The van der Waals surface area contributed by atoms with Gasteiger partial charge in [0.2, 0.25) is 0 Å². The molecule has 1 amide bonds. The lowest BCUT2D eigenvalue weighted by Gasteiger charge is -2.16. The van der Waals surface area contributed by atoms with E-state index in [0.29, 0.717) is 22.9 Å². The molecule has 6 nitrogen and oxygen atoms in total. The van der Waals surface area contributed by atoms with Crippen LogP contribution in [0, 0.1) is 17.0 Å². The normalized spacial score (nSPS) is 11.9. The van der Waals surface area contributed by atoms with Gasteiger partial charge in [-0.2, -0.15) is 0 Å². The maximum absolute atomic E-state index is 12.3. The second-order valence-electron chi connectivity index (χ2n) is 6.18. The van der Waals surface area contributed by atoms with E-state index in [4.69, 9.17) is 4.74 Å². The van der Waals surface area contributed by atoms with Crippen molar-refractivity contribution in [1.82, 2.24) is 0 Å². The van der Waals surface area contributed by atoms with E-state index >= 15 is 0 Å². The highest BCUT2D eigenvalue weighted by Crippen LogP contribution is 2.25. The van der Waals surface area contributed by atoms with E-state index in [1.165, 1.54) is 17.7 Å². The maximum atomic E-state index is 12.3. The number of hydrogen-bond acceptors (Lipinski definition) is 4. The largest absolute Gasteiger partial charge is 0.481 e. The number of nitro benzene ring substituents is 1. The molecule has 1 atom stereocenters.